The summed E-state index contributed by atoms with van der Waals surface area (Å²) in [4.78, 5) is 31.4. The van der Waals surface area contributed by atoms with Crippen LogP contribution in [-0.4, -0.2) is 57.6 Å². The van der Waals surface area contributed by atoms with Crippen molar-refractivity contribution >= 4 is 11.8 Å². The van der Waals surface area contributed by atoms with Crippen LogP contribution in [0.25, 0.3) is 0 Å². The van der Waals surface area contributed by atoms with Crippen molar-refractivity contribution in [1.29, 1.82) is 0 Å². The van der Waals surface area contributed by atoms with Gasteiger partial charge in [-0.3, -0.25) is 9.59 Å². The first-order valence-corrected chi connectivity index (χ1v) is 10.2. The molecular weight excluding hydrogens is 344 g/mol. The summed E-state index contributed by atoms with van der Waals surface area (Å²) in [5.41, 5.74) is 0.250. The molecule has 3 saturated heterocycles. The molecule has 1 aromatic rings. The van der Waals surface area contributed by atoms with Gasteiger partial charge in [-0.25, -0.2) is 4.98 Å². The van der Waals surface area contributed by atoms with Crippen LogP contribution in [0, 0.1) is 17.8 Å². The lowest BCUT2D eigenvalue weighted by molar-refractivity contribution is -0.136. The van der Waals surface area contributed by atoms with Crippen LogP contribution in [0.1, 0.15) is 50.0 Å². The number of fused-ring (bicyclic) bond motifs is 1. The van der Waals surface area contributed by atoms with Crippen molar-refractivity contribution in [3.8, 4) is 0 Å². The molecule has 4 heterocycles. The molecule has 4 rings (SSSR count). The smallest absolute Gasteiger partial charge is 0.271 e. The number of nitrogens with one attached hydrogen (secondary N) is 1. The summed E-state index contributed by atoms with van der Waals surface area (Å²) >= 11 is 0. The second-order valence-electron chi connectivity index (χ2n) is 8.40. The fourth-order valence-electron chi connectivity index (χ4n) is 5.36. The number of likely N-dealkylation sites (tertiary alicyclic amines) is 1. The van der Waals surface area contributed by atoms with E-state index in [4.69, 9.17) is 4.74 Å². The number of aromatic nitrogens is 2. The van der Waals surface area contributed by atoms with E-state index in [2.05, 4.69) is 24.1 Å². The third-order valence-electron chi connectivity index (χ3n) is 6.87. The average Bonchev–Trinajstić information content (AvgIpc) is 3.40. The minimum absolute atomic E-state index is 0.111. The lowest BCUT2D eigenvalue weighted by Gasteiger charge is -2.29. The van der Waals surface area contributed by atoms with Crippen LogP contribution < -0.4 is 5.32 Å². The van der Waals surface area contributed by atoms with E-state index in [-0.39, 0.29) is 35.4 Å². The van der Waals surface area contributed by atoms with Crippen molar-refractivity contribution in [3.63, 3.8) is 0 Å². The first-order chi connectivity index (χ1) is 13.0. The van der Waals surface area contributed by atoms with Gasteiger partial charge in [0, 0.05) is 44.1 Å². The molecule has 4 atom stereocenters. The second-order valence-corrected chi connectivity index (χ2v) is 8.40. The standard InChI is InChI=1S/C20H30N4O3/c1-4-13(5-2)19(26)24-9-15-14(17-6-7-20(15,11-24)27-17)8-21-18(25)16-10-23(3)12-22-16/h10,12-15,17H,4-9,11H2,1-3H3,(H,21,25)/t14-,15+,17+,20+/m0/s1. The predicted molar refractivity (Wildman–Crippen MR) is 100 cm³/mol. The van der Waals surface area contributed by atoms with Gasteiger partial charge in [0.15, 0.2) is 0 Å². The molecule has 7 nitrogen and oxygen atoms in total. The van der Waals surface area contributed by atoms with E-state index in [0.29, 0.717) is 24.7 Å². The molecule has 148 valence electrons. The van der Waals surface area contributed by atoms with Crippen LogP contribution in [0.3, 0.4) is 0 Å². The fourth-order valence-corrected chi connectivity index (χ4v) is 5.36. The van der Waals surface area contributed by atoms with Crippen molar-refractivity contribution in [2.45, 2.75) is 51.2 Å². The van der Waals surface area contributed by atoms with Crippen LogP contribution in [0.2, 0.25) is 0 Å². The highest BCUT2D eigenvalue weighted by atomic mass is 16.5. The van der Waals surface area contributed by atoms with E-state index in [1.54, 1.807) is 17.1 Å². The normalized spacial score (nSPS) is 31.6. The molecule has 2 amide bonds. The Morgan fingerprint density at radius 1 is 1.41 bits per heavy atom. The molecule has 1 aromatic heterocycles. The number of nitrogens with zero attached hydrogens (tertiary/aromatic N) is 3. The van der Waals surface area contributed by atoms with Gasteiger partial charge in [0.25, 0.3) is 5.91 Å². The van der Waals surface area contributed by atoms with Gasteiger partial charge in [-0.15, -0.1) is 0 Å². The third-order valence-corrected chi connectivity index (χ3v) is 6.87. The average molecular weight is 374 g/mol. The lowest BCUT2D eigenvalue weighted by atomic mass is 9.73. The number of rotatable bonds is 6. The maximum Gasteiger partial charge on any atom is 0.271 e. The Balaban J connectivity index is 1.42. The summed E-state index contributed by atoms with van der Waals surface area (Å²) in [7, 11) is 1.85. The van der Waals surface area contributed by atoms with E-state index in [0.717, 1.165) is 32.2 Å². The maximum absolute atomic E-state index is 12.9. The van der Waals surface area contributed by atoms with Crippen LogP contribution in [0.5, 0.6) is 0 Å². The van der Waals surface area contributed by atoms with Gasteiger partial charge in [0.2, 0.25) is 5.91 Å². The van der Waals surface area contributed by atoms with Gasteiger partial charge in [0.05, 0.1) is 24.6 Å². The number of ether oxygens (including phenoxy) is 1. The van der Waals surface area contributed by atoms with E-state index in [1.807, 2.05) is 11.9 Å². The van der Waals surface area contributed by atoms with Gasteiger partial charge in [-0.05, 0) is 25.7 Å². The topological polar surface area (TPSA) is 76.5 Å². The number of imidazole rings is 1. The van der Waals surface area contributed by atoms with Crippen LogP contribution in [0.4, 0.5) is 0 Å². The summed E-state index contributed by atoms with van der Waals surface area (Å²) < 4.78 is 8.17. The minimum Gasteiger partial charge on any atom is -0.369 e. The SMILES string of the molecule is CCC(CC)C(=O)N1C[C@@H]2[C@H](CNC(=O)c3cn(C)cn3)[C@H]3CC[C@]2(C1)O3. The largest absolute Gasteiger partial charge is 0.369 e. The Morgan fingerprint density at radius 3 is 2.85 bits per heavy atom. The Kier molecular flexibility index (Phi) is 4.74. The van der Waals surface area contributed by atoms with Gasteiger partial charge < -0.3 is 19.5 Å². The van der Waals surface area contributed by atoms with Gasteiger partial charge in [-0.1, -0.05) is 13.8 Å². The summed E-state index contributed by atoms with van der Waals surface area (Å²) in [6.07, 6.45) is 7.37. The molecule has 1 spiro atoms. The Morgan fingerprint density at radius 2 is 2.19 bits per heavy atom. The van der Waals surface area contributed by atoms with Crippen molar-refractivity contribution < 1.29 is 14.3 Å². The van der Waals surface area contributed by atoms with E-state index in [9.17, 15) is 9.59 Å². The molecule has 3 aliphatic rings. The Bertz CT molecular complexity index is 729. The highest BCUT2D eigenvalue weighted by Gasteiger charge is 2.63. The fraction of sp³-hybridized carbons (Fsp3) is 0.750. The molecule has 1 N–H and O–H groups in total. The first kappa shape index (κ1) is 18.5. The van der Waals surface area contributed by atoms with E-state index >= 15 is 0 Å². The first-order valence-electron chi connectivity index (χ1n) is 10.2. The number of hydrogen-bond acceptors (Lipinski definition) is 4. The zero-order chi connectivity index (χ0) is 19.2. The van der Waals surface area contributed by atoms with Crippen molar-refractivity contribution in [2.24, 2.45) is 24.8 Å². The van der Waals surface area contributed by atoms with Crippen LogP contribution >= 0.6 is 0 Å². The molecule has 0 aliphatic carbocycles. The molecule has 7 heteroatoms. The lowest BCUT2D eigenvalue weighted by Crippen LogP contribution is -2.42. The van der Waals surface area contributed by atoms with E-state index < -0.39 is 0 Å². The molecule has 2 bridgehead atoms. The Hall–Kier alpha value is -1.89. The summed E-state index contributed by atoms with van der Waals surface area (Å²) in [5, 5.41) is 3.04. The summed E-state index contributed by atoms with van der Waals surface area (Å²) in [6, 6.07) is 0. The predicted octanol–water partition coefficient (Wildman–Crippen LogP) is 1.59. The number of amides is 2. The van der Waals surface area contributed by atoms with E-state index in [1.165, 1.54) is 0 Å². The monoisotopic (exact) mass is 374 g/mol. The molecule has 0 unspecified atom stereocenters. The Labute approximate surface area is 160 Å². The van der Waals surface area contributed by atoms with Crippen molar-refractivity contribution in [2.75, 3.05) is 19.6 Å². The van der Waals surface area contributed by atoms with Gasteiger partial charge >= 0.3 is 0 Å². The molecule has 27 heavy (non-hydrogen) atoms. The highest BCUT2D eigenvalue weighted by molar-refractivity contribution is 5.92. The minimum atomic E-state index is -0.188. The third kappa shape index (κ3) is 3.06. The maximum atomic E-state index is 12.9. The quantitative estimate of drug-likeness (QED) is 0.820. The second kappa shape index (κ2) is 6.93. The molecule has 0 saturated carbocycles. The van der Waals surface area contributed by atoms with Crippen LogP contribution in [-0.2, 0) is 16.6 Å². The molecule has 0 radical (unpaired) electrons. The van der Waals surface area contributed by atoms with Gasteiger partial charge in [-0.2, -0.15) is 0 Å². The van der Waals surface area contributed by atoms with Crippen LogP contribution in [0.15, 0.2) is 12.5 Å². The molecular formula is C20H30N4O3. The molecule has 0 aromatic carbocycles. The van der Waals surface area contributed by atoms with Crippen molar-refractivity contribution in [3.05, 3.63) is 18.2 Å². The number of carbonyl (C=O) groups excluding carboxylic acids is 2. The summed E-state index contributed by atoms with van der Waals surface area (Å²) in [5.74, 6) is 0.826. The zero-order valence-corrected chi connectivity index (χ0v) is 16.5. The van der Waals surface area contributed by atoms with Gasteiger partial charge in [0.1, 0.15) is 5.69 Å². The number of aryl methyl sites for hydroxylation is 1. The zero-order valence-electron chi connectivity index (χ0n) is 16.5. The highest BCUT2D eigenvalue weighted by Crippen LogP contribution is 2.54. The molecule has 3 aliphatic heterocycles. The summed E-state index contributed by atoms with van der Waals surface area (Å²) in [6.45, 7) is 6.22. The molecule has 3 fully saturated rings. The number of carbonyl (C=O) groups is 2. The van der Waals surface area contributed by atoms with Crippen molar-refractivity contribution in [1.82, 2.24) is 19.8 Å². The number of hydrogen-bond donors (Lipinski definition) is 1.